The summed E-state index contributed by atoms with van der Waals surface area (Å²) in [5.74, 6) is 0.325. The third kappa shape index (κ3) is 5.85. The van der Waals surface area contributed by atoms with Crippen molar-refractivity contribution in [3.8, 4) is 0 Å². The van der Waals surface area contributed by atoms with Crippen LogP contribution in [0.1, 0.15) is 41.6 Å². The van der Waals surface area contributed by atoms with Crippen molar-refractivity contribution in [1.29, 1.82) is 0 Å². The van der Waals surface area contributed by atoms with Gasteiger partial charge < -0.3 is 25.2 Å². The van der Waals surface area contributed by atoms with Crippen LogP contribution in [-0.2, 0) is 24.8 Å². The number of β-amino-alcohol motifs (C(OH)–C–C–N with tert-alkyl or cyclic N) is 1. The zero-order valence-corrected chi connectivity index (χ0v) is 19.2. The maximum Gasteiger partial charge on any atom is 0.270 e. The van der Waals surface area contributed by atoms with E-state index in [-0.39, 0.29) is 30.1 Å². The summed E-state index contributed by atoms with van der Waals surface area (Å²) in [7, 11) is 2.00. The van der Waals surface area contributed by atoms with Crippen molar-refractivity contribution in [2.75, 3.05) is 38.0 Å². The number of fused-ring (bicyclic) bond motifs is 1. The molecule has 3 N–H and O–H groups in total. The summed E-state index contributed by atoms with van der Waals surface area (Å²) in [6.45, 7) is 5.16. The van der Waals surface area contributed by atoms with E-state index in [1.807, 2.05) is 22.8 Å². The predicted molar refractivity (Wildman–Crippen MR) is 121 cm³/mol. The number of piperidine rings is 1. The van der Waals surface area contributed by atoms with E-state index in [0.29, 0.717) is 32.0 Å². The van der Waals surface area contributed by atoms with Crippen LogP contribution < -0.4 is 10.6 Å². The molecule has 2 aliphatic rings. The molecule has 4 rings (SSSR count). The first-order valence-electron chi connectivity index (χ1n) is 11.4. The van der Waals surface area contributed by atoms with Crippen molar-refractivity contribution in [3.63, 3.8) is 0 Å². The number of hydrogen-bond donors (Lipinski definition) is 3. The molecule has 0 saturated carbocycles. The number of likely N-dealkylation sites (tertiary alicyclic amines) is 1. The molecule has 2 amide bonds. The van der Waals surface area contributed by atoms with Gasteiger partial charge in [0.2, 0.25) is 5.91 Å². The van der Waals surface area contributed by atoms with E-state index in [2.05, 4.69) is 30.5 Å². The quantitative estimate of drug-likeness (QED) is 0.522. The number of aryl methyl sites for hydroxylation is 1. The fourth-order valence-corrected chi connectivity index (χ4v) is 4.44. The normalized spacial score (nSPS) is 18.0. The second kappa shape index (κ2) is 10.3. The smallest absolute Gasteiger partial charge is 0.270 e. The van der Waals surface area contributed by atoms with Gasteiger partial charge in [0.1, 0.15) is 17.8 Å². The van der Waals surface area contributed by atoms with Crippen LogP contribution in [0.2, 0.25) is 0 Å². The Morgan fingerprint density at radius 1 is 1.21 bits per heavy atom. The lowest BCUT2D eigenvalue weighted by Gasteiger charge is -2.31. The van der Waals surface area contributed by atoms with Crippen molar-refractivity contribution in [1.82, 2.24) is 34.6 Å². The number of hydrogen-bond acceptors (Lipinski definition) is 8. The number of nitrogens with one attached hydrogen (secondary N) is 2. The molecular weight excluding hydrogens is 424 g/mol. The zero-order valence-electron chi connectivity index (χ0n) is 19.2. The number of aromatic nitrogens is 4. The molecule has 0 unspecified atom stereocenters. The molecule has 11 heteroatoms. The Kier molecular flexibility index (Phi) is 7.19. The predicted octanol–water partition coefficient (Wildman–Crippen LogP) is -0.218. The van der Waals surface area contributed by atoms with E-state index in [1.165, 1.54) is 12.0 Å². The molecule has 0 spiro atoms. The molecule has 2 aromatic rings. The molecule has 1 saturated heterocycles. The minimum absolute atomic E-state index is 0.0957. The highest BCUT2D eigenvalue weighted by atomic mass is 16.3. The number of amides is 2. The highest BCUT2D eigenvalue weighted by Gasteiger charge is 2.23. The van der Waals surface area contributed by atoms with Crippen LogP contribution in [-0.4, -0.2) is 91.1 Å². The summed E-state index contributed by atoms with van der Waals surface area (Å²) in [5.41, 5.74) is 2.54. The van der Waals surface area contributed by atoms with E-state index in [9.17, 15) is 14.7 Å². The van der Waals surface area contributed by atoms with Crippen LogP contribution in [0.25, 0.3) is 0 Å². The van der Waals surface area contributed by atoms with Gasteiger partial charge in [0.15, 0.2) is 0 Å². The largest absolute Gasteiger partial charge is 0.390 e. The summed E-state index contributed by atoms with van der Waals surface area (Å²) in [4.78, 5) is 40.7. The van der Waals surface area contributed by atoms with E-state index in [0.717, 1.165) is 31.5 Å². The maximum atomic E-state index is 12.6. The van der Waals surface area contributed by atoms with Crippen LogP contribution in [0.5, 0.6) is 0 Å². The van der Waals surface area contributed by atoms with E-state index in [1.54, 1.807) is 13.0 Å². The highest BCUT2D eigenvalue weighted by molar-refractivity contribution is 5.92. The van der Waals surface area contributed by atoms with Crippen LogP contribution in [0.3, 0.4) is 0 Å². The molecule has 1 atom stereocenters. The number of rotatable bonds is 7. The molecule has 0 aliphatic carbocycles. The zero-order chi connectivity index (χ0) is 23.4. The lowest BCUT2D eigenvalue weighted by atomic mass is 10.1. The number of imidazole rings is 1. The first kappa shape index (κ1) is 23.1. The molecule has 0 bridgehead atoms. The summed E-state index contributed by atoms with van der Waals surface area (Å²) >= 11 is 0. The fraction of sp³-hybridized carbons (Fsp3) is 0.591. The average Bonchev–Trinajstić information content (AvgIpc) is 3.18. The Balaban J connectivity index is 1.23. The molecule has 178 valence electrons. The topological polar surface area (TPSA) is 129 Å². The van der Waals surface area contributed by atoms with Gasteiger partial charge in [-0.1, -0.05) is 0 Å². The summed E-state index contributed by atoms with van der Waals surface area (Å²) in [6.07, 6.45) is 5.04. The van der Waals surface area contributed by atoms with Crippen molar-refractivity contribution < 1.29 is 14.7 Å². The maximum absolute atomic E-state index is 12.6. The Labute approximate surface area is 193 Å². The second-order valence-electron chi connectivity index (χ2n) is 8.81. The van der Waals surface area contributed by atoms with E-state index < -0.39 is 6.10 Å². The average molecular weight is 457 g/mol. The van der Waals surface area contributed by atoms with Crippen molar-refractivity contribution in [3.05, 3.63) is 35.8 Å². The first-order valence-corrected chi connectivity index (χ1v) is 11.4. The van der Waals surface area contributed by atoms with Gasteiger partial charge in [0.05, 0.1) is 18.1 Å². The van der Waals surface area contributed by atoms with Crippen LogP contribution in [0.15, 0.2) is 18.7 Å². The van der Waals surface area contributed by atoms with Gasteiger partial charge >= 0.3 is 0 Å². The van der Waals surface area contributed by atoms with E-state index >= 15 is 0 Å². The number of anilines is 1. The van der Waals surface area contributed by atoms with Gasteiger partial charge in [-0.2, -0.15) is 0 Å². The standard InChI is InChI=1S/C22H32N8O3/c1-15(31)30-7-3-16(4-8-30)27-21-9-18(24-13-25-21)22(33)23-10-17(32)11-29-6-5-20-19(12-29)26-14-28(20)2/h9,13-14,16-17,32H,3-8,10-12H2,1-2H3,(H,23,33)(H,24,25,27)/t17-/m0/s1. The lowest BCUT2D eigenvalue weighted by Crippen LogP contribution is -2.42. The van der Waals surface area contributed by atoms with Gasteiger partial charge in [-0.25, -0.2) is 15.0 Å². The Morgan fingerprint density at radius 2 is 2.00 bits per heavy atom. The number of aliphatic hydroxyl groups is 1. The Bertz CT molecular complexity index is 986. The molecule has 2 aliphatic heterocycles. The van der Waals surface area contributed by atoms with Gasteiger partial charge in [0, 0.05) is 77.5 Å². The molecule has 0 radical (unpaired) electrons. The lowest BCUT2D eigenvalue weighted by molar-refractivity contribution is -0.129. The van der Waals surface area contributed by atoms with Gasteiger partial charge in [-0.05, 0) is 12.8 Å². The Hall–Kier alpha value is -3.05. The van der Waals surface area contributed by atoms with Gasteiger partial charge in [-0.3, -0.25) is 14.5 Å². The summed E-state index contributed by atoms with van der Waals surface area (Å²) in [5, 5.41) is 16.5. The minimum atomic E-state index is -0.690. The summed E-state index contributed by atoms with van der Waals surface area (Å²) in [6, 6.07) is 1.81. The van der Waals surface area contributed by atoms with Crippen molar-refractivity contribution in [2.24, 2.45) is 7.05 Å². The minimum Gasteiger partial charge on any atom is -0.390 e. The molecule has 33 heavy (non-hydrogen) atoms. The van der Waals surface area contributed by atoms with Gasteiger partial charge in [-0.15, -0.1) is 0 Å². The molecule has 11 nitrogen and oxygen atoms in total. The van der Waals surface area contributed by atoms with Crippen LogP contribution in [0, 0.1) is 0 Å². The number of carbonyl (C=O) groups is 2. The van der Waals surface area contributed by atoms with Crippen LogP contribution in [0.4, 0.5) is 5.82 Å². The highest BCUT2D eigenvalue weighted by Crippen LogP contribution is 2.17. The monoisotopic (exact) mass is 456 g/mol. The third-order valence-corrected chi connectivity index (χ3v) is 6.34. The number of aliphatic hydroxyl groups excluding tert-OH is 1. The Morgan fingerprint density at radius 3 is 2.76 bits per heavy atom. The molecule has 0 aromatic carbocycles. The fourth-order valence-electron chi connectivity index (χ4n) is 4.44. The second-order valence-corrected chi connectivity index (χ2v) is 8.81. The third-order valence-electron chi connectivity index (χ3n) is 6.34. The molecule has 4 heterocycles. The van der Waals surface area contributed by atoms with Gasteiger partial charge in [0.25, 0.3) is 5.91 Å². The van der Waals surface area contributed by atoms with Crippen molar-refractivity contribution in [2.45, 2.75) is 44.9 Å². The van der Waals surface area contributed by atoms with E-state index in [4.69, 9.17) is 0 Å². The van der Waals surface area contributed by atoms with Crippen LogP contribution >= 0.6 is 0 Å². The molecular formula is C22H32N8O3. The molecule has 2 aromatic heterocycles. The summed E-state index contributed by atoms with van der Waals surface area (Å²) < 4.78 is 2.04. The number of nitrogens with zero attached hydrogens (tertiary/aromatic N) is 6. The number of carbonyl (C=O) groups excluding carboxylic acids is 2. The first-order chi connectivity index (χ1) is 15.9. The SMILES string of the molecule is CC(=O)N1CCC(Nc2cc(C(=O)NC[C@H](O)CN3CCc4c(ncn4C)C3)ncn2)CC1. The molecule has 1 fully saturated rings. The van der Waals surface area contributed by atoms with Crippen molar-refractivity contribution >= 4 is 17.6 Å².